The maximum Gasteiger partial charge on any atom is 0.175 e. The van der Waals surface area contributed by atoms with E-state index in [4.69, 9.17) is 5.21 Å². The Morgan fingerprint density at radius 1 is 1.29 bits per heavy atom. The van der Waals surface area contributed by atoms with Gasteiger partial charge >= 0.3 is 0 Å². The highest BCUT2D eigenvalue weighted by atomic mass is 32.2. The molecule has 0 aliphatic carbocycles. The Kier molecular flexibility index (Phi) is 2.90. The van der Waals surface area contributed by atoms with Crippen LogP contribution in [-0.2, 0) is 9.84 Å². The Balaban J connectivity index is 3.14. The van der Waals surface area contributed by atoms with Crippen LogP contribution in [0.3, 0.4) is 0 Å². The van der Waals surface area contributed by atoms with E-state index in [-0.39, 0.29) is 4.90 Å². The molecule has 1 rings (SSSR count). The molecule has 0 aliphatic heterocycles. The Bertz CT molecular complexity index is 445. The first-order chi connectivity index (χ1) is 6.45. The fourth-order valence-electron chi connectivity index (χ4n) is 1.00. The summed E-state index contributed by atoms with van der Waals surface area (Å²) in [4.78, 5) is 0.256. The zero-order chi connectivity index (χ0) is 10.8. The molecule has 0 atom stereocenters. The van der Waals surface area contributed by atoms with Crippen LogP contribution in [0.4, 0.5) is 0 Å². The number of sulfone groups is 1. The molecule has 0 heterocycles. The molecule has 0 radical (unpaired) electrons. The normalized spacial score (nSPS) is 12.9. The average Bonchev–Trinajstić information content (AvgIpc) is 2.15. The van der Waals surface area contributed by atoms with E-state index in [1.54, 1.807) is 19.1 Å². The maximum atomic E-state index is 11.1. The molecule has 1 aromatic rings. The van der Waals surface area contributed by atoms with Crippen molar-refractivity contribution in [2.75, 3.05) is 6.26 Å². The van der Waals surface area contributed by atoms with Gasteiger partial charge in [-0.2, -0.15) is 0 Å². The Morgan fingerprint density at radius 3 is 2.14 bits per heavy atom. The molecule has 1 N–H and O–H groups in total. The lowest BCUT2D eigenvalue weighted by molar-refractivity contribution is 0.319. The standard InChI is InChI=1S/C9H11NO3S/c1-7(10-11)8-3-5-9(6-4-8)14(2,12)13/h3-6,11H,1-2H3/b10-7-. The molecule has 0 aliphatic rings. The van der Waals surface area contributed by atoms with Gasteiger partial charge in [0.15, 0.2) is 9.84 Å². The molecule has 0 bridgehead atoms. The quantitative estimate of drug-likeness (QED) is 0.457. The lowest BCUT2D eigenvalue weighted by Gasteiger charge is -2.00. The summed E-state index contributed by atoms with van der Waals surface area (Å²) in [7, 11) is -3.15. The second-order valence-electron chi connectivity index (χ2n) is 2.98. The van der Waals surface area contributed by atoms with Crippen LogP contribution >= 0.6 is 0 Å². The van der Waals surface area contributed by atoms with Gasteiger partial charge in [-0.05, 0) is 24.6 Å². The number of benzene rings is 1. The van der Waals surface area contributed by atoms with Gasteiger partial charge in [0.1, 0.15) is 0 Å². The molecule has 0 saturated heterocycles. The summed E-state index contributed by atoms with van der Waals surface area (Å²) in [6, 6.07) is 6.18. The minimum absolute atomic E-state index is 0.256. The SMILES string of the molecule is C/C(=N/O)c1ccc(S(C)(=O)=O)cc1. The summed E-state index contributed by atoms with van der Waals surface area (Å²) in [5, 5.41) is 11.5. The van der Waals surface area contributed by atoms with Crippen molar-refractivity contribution in [3.63, 3.8) is 0 Å². The second kappa shape index (κ2) is 3.79. The largest absolute Gasteiger partial charge is 0.411 e. The molecule has 0 saturated carbocycles. The van der Waals surface area contributed by atoms with E-state index in [1.807, 2.05) is 0 Å². The van der Waals surface area contributed by atoms with E-state index >= 15 is 0 Å². The van der Waals surface area contributed by atoms with E-state index in [0.29, 0.717) is 11.3 Å². The van der Waals surface area contributed by atoms with Crippen molar-refractivity contribution in [2.24, 2.45) is 5.16 Å². The van der Waals surface area contributed by atoms with Crippen LogP contribution in [0.15, 0.2) is 34.3 Å². The van der Waals surface area contributed by atoms with Crippen molar-refractivity contribution >= 4 is 15.5 Å². The molecule has 0 unspecified atom stereocenters. The molecule has 76 valence electrons. The van der Waals surface area contributed by atoms with Crippen molar-refractivity contribution in [1.82, 2.24) is 0 Å². The third kappa shape index (κ3) is 2.32. The third-order valence-corrected chi connectivity index (χ3v) is 2.98. The molecular formula is C9H11NO3S. The Morgan fingerprint density at radius 2 is 1.79 bits per heavy atom. The lowest BCUT2D eigenvalue weighted by atomic mass is 10.1. The minimum atomic E-state index is -3.15. The van der Waals surface area contributed by atoms with Gasteiger partial charge in [-0.15, -0.1) is 0 Å². The van der Waals surface area contributed by atoms with Gasteiger partial charge in [0.25, 0.3) is 0 Å². The predicted octanol–water partition coefficient (Wildman–Crippen LogP) is 1.29. The maximum absolute atomic E-state index is 11.1. The first-order valence-corrected chi connectivity index (χ1v) is 5.83. The van der Waals surface area contributed by atoms with E-state index < -0.39 is 9.84 Å². The molecule has 5 heteroatoms. The van der Waals surface area contributed by atoms with Gasteiger partial charge < -0.3 is 5.21 Å². The monoisotopic (exact) mass is 213 g/mol. The number of oxime groups is 1. The Hall–Kier alpha value is -1.36. The van der Waals surface area contributed by atoms with Gasteiger partial charge in [-0.25, -0.2) is 8.42 Å². The van der Waals surface area contributed by atoms with Crippen LogP contribution in [0.1, 0.15) is 12.5 Å². The molecule has 0 aromatic heterocycles. The van der Waals surface area contributed by atoms with Gasteiger partial charge in [0.05, 0.1) is 10.6 Å². The fourth-order valence-corrected chi connectivity index (χ4v) is 1.63. The third-order valence-electron chi connectivity index (χ3n) is 1.85. The van der Waals surface area contributed by atoms with Crippen molar-refractivity contribution in [3.05, 3.63) is 29.8 Å². The van der Waals surface area contributed by atoms with Crippen LogP contribution in [0.25, 0.3) is 0 Å². The van der Waals surface area contributed by atoms with Crippen LogP contribution in [0.5, 0.6) is 0 Å². The zero-order valence-corrected chi connectivity index (χ0v) is 8.75. The molecular weight excluding hydrogens is 202 g/mol. The highest BCUT2D eigenvalue weighted by Gasteiger charge is 2.06. The molecule has 0 spiro atoms. The number of hydrogen-bond acceptors (Lipinski definition) is 4. The van der Waals surface area contributed by atoms with Crippen molar-refractivity contribution in [1.29, 1.82) is 0 Å². The van der Waals surface area contributed by atoms with Crippen molar-refractivity contribution in [2.45, 2.75) is 11.8 Å². The summed E-state index contributed by atoms with van der Waals surface area (Å²) >= 11 is 0. The number of hydrogen-bond donors (Lipinski definition) is 1. The zero-order valence-electron chi connectivity index (χ0n) is 7.93. The van der Waals surface area contributed by atoms with Gasteiger partial charge in [-0.1, -0.05) is 17.3 Å². The lowest BCUT2D eigenvalue weighted by Crippen LogP contribution is -1.99. The summed E-state index contributed by atoms with van der Waals surface area (Å²) < 4.78 is 22.2. The van der Waals surface area contributed by atoms with Crippen LogP contribution in [0.2, 0.25) is 0 Å². The molecule has 0 fully saturated rings. The first-order valence-electron chi connectivity index (χ1n) is 3.94. The highest BCUT2D eigenvalue weighted by molar-refractivity contribution is 7.90. The van der Waals surface area contributed by atoms with E-state index in [0.717, 1.165) is 6.26 Å². The van der Waals surface area contributed by atoms with Crippen LogP contribution in [0, 0.1) is 0 Å². The van der Waals surface area contributed by atoms with Gasteiger partial charge in [0.2, 0.25) is 0 Å². The van der Waals surface area contributed by atoms with E-state index in [2.05, 4.69) is 5.16 Å². The van der Waals surface area contributed by atoms with Gasteiger partial charge in [-0.3, -0.25) is 0 Å². The molecule has 14 heavy (non-hydrogen) atoms. The molecule has 1 aromatic carbocycles. The van der Waals surface area contributed by atoms with Crippen LogP contribution < -0.4 is 0 Å². The van der Waals surface area contributed by atoms with Gasteiger partial charge in [0, 0.05) is 6.26 Å². The summed E-state index contributed by atoms with van der Waals surface area (Å²) in [6.45, 7) is 1.63. The van der Waals surface area contributed by atoms with Crippen LogP contribution in [-0.4, -0.2) is 25.6 Å². The number of rotatable bonds is 2. The topological polar surface area (TPSA) is 66.7 Å². The molecule has 4 nitrogen and oxygen atoms in total. The Labute approximate surface area is 82.8 Å². The highest BCUT2D eigenvalue weighted by Crippen LogP contribution is 2.10. The second-order valence-corrected chi connectivity index (χ2v) is 5.00. The van der Waals surface area contributed by atoms with Crippen molar-refractivity contribution in [3.8, 4) is 0 Å². The number of nitrogens with zero attached hydrogens (tertiary/aromatic N) is 1. The minimum Gasteiger partial charge on any atom is -0.411 e. The fraction of sp³-hybridized carbons (Fsp3) is 0.222. The van der Waals surface area contributed by atoms with E-state index in [1.165, 1.54) is 12.1 Å². The summed E-state index contributed by atoms with van der Waals surface area (Å²) in [6.07, 6.45) is 1.15. The first kappa shape index (κ1) is 10.7. The average molecular weight is 213 g/mol. The molecule has 0 amide bonds. The van der Waals surface area contributed by atoms with E-state index in [9.17, 15) is 8.42 Å². The smallest absolute Gasteiger partial charge is 0.175 e. The van der Waals surface area contributed by atoms with Crippen molar-refractivity contribution < 1.29 is 13.6 Å². The predicted molar refractivity (Wildman–Crippen MR) is 53.5 cm³/mol. The summed E-state index contributed by atoms with van der Waals surface area (Å²) in [5.74, 6) is 0. The summed E-state index contributed by atoms with van der Waals surface area (Å²) in [5.41, 5.74) is 1.14.